The molecule has 0 aliphatic carbocycles. The minimum absolute atomic E-state index is 0.180. The highest BCUT2D eigenvalue weighted by atomic mass is 79.9. The number of aromatic nitrogens is 2. The number of hydrogen-bond donors (Lipinski definition) is 1. The molecule has 0 unspecified atom stereocenters. The lowest BCUT2D eigenvalue weighted by Gasteiger charge is -2.08. The summed E-state index contributed by atoms with van der Waals surface area (Å²) in [6, 6.07) is 15.7. The van der Waals surface area contributed by atoms with Crippen LogP contribution in [0.25, 0.3) is 16.6 Å². The molecule has 0 saturated heterocycles. The van der Waals surface area contributed by atoms with E-state index in [1.807, 2.05) is 48.5 Å². The average molecular weight is 397 g/mol. The van der Waals surface area contributed by atoms with Gasteiger partial charge in [-0.15, -0.1) is 0 Å². The Labute approximate surface area is 153 Å². The van der Waals surface area contributed by atoms with Gasteiger partial charge in [-0.25, -0.2) is 4.98 Å². The van der Waals surface area contributed by atoms with Crippen LogP contribution in [0.3, 0.4) is 0 Å². The van der Waals surface area contributed by atoms with Crippen molar-refractivity contribution in [2.75, 3.05) is 0 Å². The molecule has 25 heavy (non-hydrogen) atoms. The van der Waals surface area contributed by atoms with E-state index < -0.39 is 0 Å². The molecule has 0 saturated carbocycles. The Morgan fingerprint density at radius 2 is 2.04 bits per heavy atom. The first-order valence-corrected chi connectivity index (χ1v) is 8.52. The van der Waals surface area contributed by atoms with Crippen LogP contribution in [0.15, 0.2) is 69.1 Å². The van der Waals surface area contributed by atoms with Gasteiger partial charge >= 0.3 is 0 Å². The van der Waals surface area contributed by atoms with Crippen LogP contribution in [0.2, 0.25) is 0 Å². The smallest absolute Gasteiger partial charge is 0.283 e. The first kappa shape index (κ1) is 17.1. The molecule has 0 bridgehead atoms. The first-order chi connectivity index (χ1) is 12.1. The molecule has 126 valence electrons. The van der Waals surface area contributed by atoms with Crippen molar-refractivity contribution in [2.45, 2.75) is 6.54 Å². The van der Waals surface area contributed by atoms with Gasteiger partial charge in [0, 0.05) is 25.0 Å². The van der Waals surface area contributed by atoms with Gasteiger partial charge in [0.15, 0.2) is 4.60 Å². The van der Waals surface area contributed by atoms with Crippen LogP contribution in [0.5, 0.6) is 0 Å². The first-order valence-electron chi connectivity index (χ1n) is 7.72. The Morgan fingerprint density at radius 3 is 2.76 bits per heavy atom. The van der Waals surface area contributed by atoms with E-state index in [2.05, 4.69) is 25.9 Å². The molecular formula is C19H17BrN4O. The summed E-state index contributed by atoms with van der Waals surface area (Å²) >= 11 is 3.19. The molecule has 3 aromatic rings. The lowest BCUT2D eigenvalue weighted by atomic mass is 10.1. The number of fused-ring (bicyclic) bond motifs is 1. The van der Waals surface area contributed by atoms with E-state index in [0.29, 0.717) is 11.1 Å². The molecular weight excluding hydrogens is 380 g/mol. The van der Waals surface area contributed by atoms with E-state index in [9.17, 15) is 4.79 Å². The maximum atomic E-state index is 12.1. The number of hydrogen-bond acceptors (Lipinski definition) is 4. The summed E-state index contributed by atoms with van der Waals surface area (Å²) < 4.78 is 1.86. The number of allylic oxidation sites excluding steroid dienone is 1. The molecule has 2 N–H and O–H groups in total. The number of benzene rings is 2. The van der Waals surface area contributed by atoms with E-state index in [4.69, 9.17) is 5.73 Å². The van der Waals surface area contributed by atoms with Crippen LogP contribution in [0.1, 0.15) is 11.1 Å². The predicted molar refractivity (Wildman–Crippen MR) is 105 cm³/mol. The van der Waals surface area contributed by atoms with Crippen LogP contribution in [-0.2, 0) is 13.6 Å². The van der Waals surface area contributed by atoms with E-state index in [1.54, 1.807) is 17.8 Å². The second kappa shape index (κ2) is 7.44. The summed E-state index contributed by atoms with van der Waals surface area (Å²) in [4.78, 5) is 20.8. The van der Waals surface area contributed by atoms with Crippen molar-refractivity contribution >= 4 is 38.8 Å². The summed E-state index contributed by atoms with van der Waals surface area (Å²) in [7, 11) is 1.72. The van der Waals surface area contributed by atoms with E-state index in [1.165, 1.54) is 6.20 Å². The van der Waals surface area contributed by atoms with Gasteiger partial charge in [-0.05, 0) is 39.2 Å². The Bertz CT molecular complexity index is 1020. The molecule has 0 aliphatic heterocycles. The Balaban J connectivity index is 1.92. The second-order valence-corrected chi connectivity index (χ2v) is 6.30. The fourth-order valence-corrected chi connectivity index (χ4v) is 2.97. The van der Waals surface area contributed by atoms with Gasteiger partial charge in [-0.2, -0.15) is 0 Å². The number of aryl methyl sites for hydroxylation is 1. The van der Waals surface area contributed by atoms with Crippen molar-refractivity contribution in [3.05, 3.63) is 80.8 Å². The fourth-order valence-electron chi connectivity index (χ4n) is 2.51. The van der Waals surface area contributed by atoms with Gasteiger partial charge in [0.25, 0.3) is 5.56 Å². The van der Waals surface area contributed by atoms with E-state index >= 15 is 0 Å². The Morgan fingerprint density at radius 1 is 1.28 bits per heavy atom. The van der Waals surface area contributed by atoms with Crippen LogP contribution in [0, 0.1) is 0 Å². The predicted octanol–water partition coefficient (Wildman–Crippen LogP) is 3.27. The number of aliphatic imine (C=N–C) groups is 1. The lowest BCUT2D eigenvalue weighted by molar-refractivity contribution is 0.880. The molecule has 0 spiro atoms. The summed E-state index contributed by atoms with van der Waals surface area (Å²) in [5.41, 5.74) is 9.86. The standard InChI is InChI=1S/C19H17BrN4O/c1-24-17-9-14(7-8-16(17)23-18(20)19(24)25)15(10-21)12-22-11-13-5-3-2-4-6-13/h2-10,12H,11,21H2,1H3/b15-10+,22-12?. The molecule has 0 fully saturated rings. The van der Waals surface area contributed by atoms with Crippen molar-refractivity contribution in [3.63, 3.8) is 0 Å². The number of nitrogens with zero attached hydrogens (tertiary/aromatic N) is 3. The van der Waals surface area contributed by atoms with Crippen molar-refractivity contribution in [1.82, 2.24) is 9.55 Å². The minimum atomic E-state index is -0.180. The molecule has 0 amide bonds. The van der Waals surface area contributed by atoms with Crippen molar-refractivity contribution in [3.8, 4) is 0 Å². The molecule has 6 heteroatoms. The Hall–Kier alpha value is -2.73. The van der Waals surface area contributed by atoms with Gasteiger partial charge in [0.2, 0.25) is 0 Å². The quantitative estimate of drug-likeness (QED) is 0.687. The fraction of sp³-hybridized carbons (Fsp3) is 0.105. The largest absolute Gasteiger partial charge is 0.404 e. The summed E-state index contributed by atoms with van der Waals surface area (Å²) in [5, 5.41) is 0. The number of halogens is 1. The molecule has 1 aromatic heterocycles. The van der Waals surface area contributed by atoms with Gasteiger partial charge in [-0.1, -0.05) is 36.4 Å². The van der Waals surface area contributed by atoms with Crippen LogP contribution < -0.4 is 11.3 Å². The van der Waals surface area contributed by atoms with Gasteiger partial charge in [-0.3, -0.25) is 9.79 Å². The van der Waals surface area contributed by atoms with Crippen LogP contribution in [0.4, 0.5) is 0 Å². The summed E-state index contributed by atoms with van der Waals surface area (Å²) in [6.45, 7) is 0.582. The molecule has 0 aliphatic rings. The normalized spacial score (nSPS) is 12.2. The SMILES string of the molecule is Cn1c(=O)c(Br)nc2ccc(/C(C=NCc3ccccc3)=C/N)cc21. The van der Waals surface area contributed by atoms with E-state index in [-0.39, 0.29) is 5.56 Å². The van der Waals surface area contributed by atoms with Crippen molar-refractivity contribution in [2.24, 2.45) is 17.8 Å². The molecule has 3 rings (SSSR count). The van der Waals surface area contributed by atoms with Gasteiger partial charge in [0.1, 0.15) is 0 Å². The molecule has 1 heterocycles. The average Bonchev–Trinajstić information content (AvgIpc) is 2.64. The third kappa shape index (κ3) is 3.69. The number of nitrogens with two attached hydrogens (primary N) is 1. The van der Waals surface area contributed by atoms with Crippen molar-refractivity contribution < 1.29 is 0 Å². The molecule has 2 aromatic carbocycles. The van der Waals surface area contributed by atoms with E-state index in [0.717, 1.165) is 27.7 Å². The second-order valence-electron chi connectivity index (χ2n) is 5.55. The maximum absolute atomic E-state index is 12.1. The Kier molecular flexibility index (Phi) is 5.09. The van der Waals surface area contributed by atoms with Crippen LogP contribution >= 0.6 is 15.9 Å². The van der Waals surface area contributed by atoms with Crippen LogP contribution in [-0.4, -0.2) is 15.8 Å². The monoisotopic (exact) mass is 396 g/mol. The topological polar surface area (TPSA) is 73.3 Å². The minimum Gasteiger partial charge on any atom is -0.404 e. The third-order valence-electron chi connectivity index (χ3n) is 3.90. The van der Waals surface area contributed by atoms with Gasteiger partial charge in [0.05, 0.1) is 17.6 Å². The zero-order chi connectivity index (χ0) is 17.8. The number of rotatable bonds is 4. The maximum Gasteiger partial charge on any atom is 0.283 e. The molecule has 0 radical (unpaired) electrons. The van der Waals surface area contributed by atoms with Crippen molar-refractivity contribution in [1.29, 1.82) is 0 Å². The zero-order valence-electron chi connectivity index (χ0n) is 13.7. The highest BCUT2D eigenvalue weighted by Crippen LogP contribution is 2.19. The highest BCUT2D eigenvalue weighted by molar-refractivity contribution is 9.10. The highest BCUT2D eigenvalue weighted by Gasteiger charge is 2.08. The summed E-state index contributed by atoms with van der Waals surface area (Å²) in [5.74, 6) is 0. The lowest BCUT2D eigenvalue weighted by Crippen LogP contribution is -2.19. The molecule has 0 atom stereocenters. The molecule has 5 nitrogen and oxygen atoms in total. The summed E-state index contributed by atoms with van der Waals surface area (Å²) in [6.07, 6.45) is 3.26. The third-order valence-corrected chi connectivity index (χ3v) is 4.41. The van der Waals surface area contributed by atoms with Gasteiger partial charge < -0.3 is 10.3 Å². The zero-order valence-corrected chi connectivity index (χ0v) is 15.3.